The van der Waals surface area contributed by atoms with Crippen LogP contribution in [0.4, 0.5) is 4.39 Å². The second-order valence-electron chi connectivity index (χ2n) is 8.94. The van der Waals surface area contributed by atoms with Gasteiger partial charge in [-0.3, -0.25) is 9.29 Å². The van der Waals surface area contributed by atoms with Crippen molar-refractivity contribution in [2.75, 3.05) is 32.9 Å². The average molecular weight is 462 g/mol. The maximum atomic E-state index is 12.6. The van der Waals surface area contributed by atoms with Crippen molar-refractivity contribution in [2.45, 2.75) is 13.0 Å². The second-order valence-corrected chi connectivity index (χ2v) is 8.94. The first kappa shape index (κ1) is 22.3. The third kappa shape index (κ3) is 4.33. The molecule has 3 aromatic rings. The molecule has 5 nitrogen and oxygen atoms in total. The normalized spacial score (nSPS) is 18.2. The lowest BCUT2D eigenvalue weighted by atomic mass is 9.86. The van der Waals surface area contributed by atoms with E-state index < -0.39 is 6.10 Å². The van der Waals surface area contributed by atoms with Crippen LogP contribution in [0.15, 0.2) is 66.7 Å². The van der Waals surface area contributed by atoms with Crippen molar-refractivity contribution in [3.63, 3.8) is 0 Å². The van der Waals surface area contributed by atoms with Gasteiger partial charge in [0.05, 0.1) is 6.67 Å². The van der Waals surface area contributed by atoms with Crippen LogP contribution >= 0.6 is 0 Å². The number of halogens is 1. The number of para-hydroxylation sites is 1. The van der Waals surface area contributed by atoms with Gasteiger partial charge in [0.15, 0.2) is 11.5 Å². The van der Waals surface area contributed by atoms with Crippen LogP contribution < -0.4 is 9.47 Å². The Hall–Kier alpha value is -3.51. The van der Waals surface area contributed by atoms with E-state index in [1.54, 1.807) is 24.3 Å². The van der Waals surface area contributed by atoms with Gasteiger partial charge in [0.2, 0.25) is 0 Å². The Labute approximate surface area is 198 Å². The fourth-order valence-electron chi connectivity index (χ4n) is 4.73. The standard InChI is InChI=1S/C28H28FNO4/c1-18-24-6-3-7-25(32)28(24)34-27(26(18)21-4-2-5-22(31)14-21)20-8-10-23(11-9-20)33-13-12-30-16-19(15-29)17-30/h2-11,14,19,27,31-32H,12-13,15-17H2,1H3. The molecular weight excluding hydrogens is 433 g/mol. The van der Waals surface area contributed by atoms with Crippen molar-refractivity contribution >= 4 is 11.1 Å². The summed E-state index contributed by atoms with van der Waals surface area (Å²) in [6.45, 7) is 4.69. The van der Waals surface area contributed by atoms with Crippen molar-refractivity contribution in [1.29, 1.82) is 0 Å². The highest BCUT2D eigenvalue weighted by Crippen LogP contribution is 2.49. The van der Waals surface area contributed by atoms with Crippen LogP contribution in [0.3, 0.4) is 0 Å². The quantitative estimate of drug-likeness (QED) is 0.491. The number of rotatable bonds is 7. The Bertz CT molecular complexity index is 1200. The summed E-state index contributed by atoms with van der Waals surface area (Å²) in [5.74, 6) is 1.66. The van der Waals surface area contributed by atoms with E-state index in [4.69, 9.17) is 9.47 Å². The number of benzene rings is 3. The molecule has 6 heteroatoms. The van der Waals surface area contributed by atoms with E-state index in [2.05, 4.69) is 4.90 Å². The largest absolute Gasteiger partial charge is 0.508 e. The number of likely N-dealkylation sites (tertiary alicyclic amines) is 1. The number of nitrogens with zero attached hydrogens (tertiary/aromatic N) is 1. The molecule has 0 radical (unpaired) electrons. The zero-order valence-electron chi connectivity index (χ0n) is 19.1. The van der Waals surface area contributed by atoms with Crippen molar-refractivity contribution in [2.24, 2.45) is 5.92 Å². The molecule has 2 heterocycles. The molecule has 1 saturated heterocycles. The van der Waals surface area contributed by atoms with Crippen molar-refractivity contribution < 1.29 is 24.1 Å². The molecule has 2 N–H and O–H groups in total. The zero-order valence-corrected chi connectivity index (χ0v) is 19.1. The van der Waals surface area contributed by atoms with Gasteiger partial charge in [0.25, 0.3) is 0 Å². The molecule has 0 bridgehead atoms. The highest BCUT2D eigenvalue weighted by atomic mass is 19.1. The number of phenolic OH excluding ortho intramolecular Hbond substituents is 2. The number of hydrogen-bond acceptors (Lipinski definition) is 5. The topological polar surface area (TPSA) is 62.2 Å². The predicted octanol–water partition coefficient (Wildman–Crippen LogP) is 5.44. The number of ether oxygens (including phenoxy) is 2. The van der Waals surface area contributed by atoms with E-state index in [0.717, 1.165) is 53.2 Å². The monoisotopic (exact) mass is 461 g/mol. The van der Waals surface area contributed by atoms with Gasteiger partial charge in [-0.2, -0.15) is 0 Å². The molecule has 0 aliphatic carbocycles. The summed E-state index contributed by atoms with van der Waals surface area (Å²) in [5.41, 5.74) is 4.51. The summed E-state index contributed by atoms with van der Waals surface area (Å²) >= 11 is 0. The molecule has 2 aliphatic heterocycles. The Kier molecular flexibility index (Phi) is 6.16. The number of fused-ring (bicyclic) bond motifs is 1. The van der Waals surface area contributed by atoms with E-state index in [1.807, 2.05) is 49.4 Å². The summed E-state index contributed by atoms with van der Waals surface area (Å²) in [7, 11) is 0. The fraction of sp³-hybridized carbons (Fsp3) is 0.286. The van der Waals surface area contributed by atoms with Crippen molar-refractivity contribution in [3.05, 3.63) is 83.4 Å². The first-order valence-electron chi connectivity index (χ1n) is 11.5. The minimum absolute atomic E-state index is 0.0951. The van der Waals surface area contributed by atoms with Gasteiger partial charge < -0.3 is 19.7 Å². The van der Waals surface area contributed by atoms with Gasteiger partial charge in [-0.25, -0.2) is 0 Å². The molecule has 0 spiro atoms. The SMILES string of the molecule is CC1=C(c2cccc(O)c2)C(c2ccc(OCCN3CC(CF)C3)cc2)Oc2c(O)cccc21. The molecule has 3 aromatic carbocycles. The summed E-state index contributed by atoms with van der Waals surface area (Å²) < 4.78 is 24.8. The Morgan fingerprint density at radius 3 is 2.53 bits per heavy atom. The van der Waals surface area contributed by atoms with Crippen molar-refractivity contribution in [1.82, 2.24) is 4.90 Å². The molecular formula is C28H28FNO4. The van der Waals surface area contributed by atoms with E-state index in [-0.39, 0.29) is 24.1 Å². The highest BCUT2D eigenvalue weighted by Gasteiger charge is 2.31. The lowest BCUT2D eigenvalue weighted by Crippen LogP contribution is -2.49. The third-order valence-corrected chi connectivity index (χ3v) is 6.57. The van der Waals surface area contributed by atoms with Gasteiger partial charge >= 0.3 is 0 Å². The van der Waals surface area contributed by atoms with Gasteiger partial charge in [-0.15, -0.1) is 0 Å². The third-order valence-electron chi connectivity index (χ3n) is 6.57. The molecule has 1 fully saturated rings. The molecule has 176 valence electrons. The van der Waals surface area contributed by atoms with Gasteiger partial charge in [-0.05, 0) is 54.0 Å². The summed E-state index contributed by atoms with van der Waals surface area (Å²) in [4.78, 5) is 2.19. The minimum Gasteiger partial charge on any atom is -0.508 e. The number of hydrogen-bond donors (Lipinski definition) is 2. The molecule has 0 amide bonds. The van der Waals surface area contributed by atoms with Crippen LogP contribution in [-0.2, 0) is 0 Å². The van der Waals surface area contributed by atoms with Crippen LogP contribution in [0.2, 0.25) is 0 Å². The maximum Gasteiger partial charge on any atom is 0.169 e. The molecule has 2 aliphatic rings. The lowest BCUT2D eigenvalue weighted by Gasteiger charge is -2.37. The van der Waals surface area contributed by atoms with Gasteiger partial charge in [0.1, 0.15) is 24.2 Å². The smallest absolute Gasteiger partial charge is 0.169 e. The molecule has 0 saturated carbocycles. The number of allylic oxidation sites excluding steroid dienone is 1. The van der Waals surface area contributed by atoms with Crippen LogP contribution in [0.1, 0.15) is 29.7 Å². The minimum atomic E-state index is -0.463. The van der Waals surface area contributed by atoms with E-state index in [0.29, 0.717) is 12.4 Å². The Balaban J connectivity index is 1.39. The number of phenols is 2. The average Bonchev–Trinajstić information content (AvgIpc) is 2.81. The Morgan fingerprint density at radius 1 is 1.03 bits per heavy atom. The predicted molar refractivity (Wildman–Crippen MR) is 130 cm³/mol. The zero-order chi connectivity index (χ0) is 23.7. The van der Waals surface area contributed by atoms with Crippen molar-refractivity contribution in [3.8, 4) is 23.0 Å². The van der Waals surface area contributed by atoms with Crippen LogP contribution in [0, 0.1) is 5.92 Å². The second kappa shape index (κ2) is 9.39. The van der Waals surface area contributed by atoms with E-state index >= 15 is 0 Å². The van der Waals surface area contributed by atoms with Gasteiger partial charge in [-0.1, -0.05) is 36.4 Å². The highest BCUT2D eigenvalue weighted by molar-refractivity contribution is 5.96. The Morgan fingerprint density at radius 2 is 1.79 bits per heavy atom. The number of aromatic hydroxyl groups is 2. The van der Waals surface area contributed by atoms with Crippen LogP contribution in [0.5, 0.6) is 23.0 Å². The van der Waals surface area contributed by atoms with Crippen LogP contribution in [0.25, 0.3) is 11.1 Å². The van der Waals surface area contributed by atoms with Crippen LogP contribution in [-0.4, -0.2) is 48.0 Å². The van der Waals surface area contributed by atoms with Gasteiger partial charge in [0, 0.05) is 36.7 Å². The molecule has 1 unspecified atom stereocenters. The van der Waals surface area contributed by atoms with E-state index in [1.165, 1.54) is 0 Å². The summed E-state index contributed by atoms with van der Waals surface area (Å²) in [6, 6.07) is 20.2. The maximum absolute atomic E-state index is 12.6. The van der Waals surface area contributed by atoms with E-state index in [9.17, 15) is 14.6 Å². The fourth-order valence-corrected chi connectivity index (χ4v) is 4.73. The summed E-state index contributed by atoms with van der Waals surface area (Å²) in [6.07, 6.45) is -0.463. The molecule has 0 aromatic heterocycles. The lowest BCUT2D eigenvalue weighted by molar-refractivity contribution is 0.0668. The first-order valence-corrected chi connectivity index (χ1v) is 11.5. The molecule has 5 rings (SSSR count). The first-order chi connectivity index (χ1) is 16.5. The summed E-state index contributed by atoms with van der Waals surface area (Å²) in [5, 5.41) is 20.5. The number of alkyl halides is 1. The molecule has 1 atom stereocenters. The molecule has 34 heavy (non-hydrogen) atoms.